The highest BCUT2D eigenvalue weighted by Gasteiger charge is 2.33. The highest BCUT2D eigenvalue weighted by molar-refractivity contribution is 6.96. The fourth-order valence-electron chi connectivity index (χ4n) is 3.86. The van der Waals surface area contributed by atoms with E-state index < -0.39 is 8.07 Å². The molecule has 0 atom stereocenters. The molecule has 1 aliphatic carbocycles. The summed E-state index contributed by atoms with van der Waals surface area (Å²) in [6, 6.07) is 4.71. The third-order valence-electron chi connectivity index (χ3n) is 4.47. The summed E-state index contributed by atoms with van der Waals surface area (Å²) in [5.74, 6) is 0. The largest absolute Gasteiger partial charge is 0.109 e. The third-order valence-corrected chi connectivity index (χ3v) is 8.54. The lowest BCUT2D eigenvalue weighted by Crippen LogP contribution is -2.47. The van der Waals surface area contributed by atoms with Crippen LogP contribution in [0.1, 0.15) is 36.5 Å². The maximum absolute atomic E-state index is 2.52. The van der Waals surface area contributed by atoms with Crippen LogP contribution >= 0.6 is 0 Å². The first kappa shape index (κ1) is 14.3. The Morgan fingerprint density at radius 1 is 1.05 bits per heavy atom. The first-order valence-corrected chi connectivity index (χ1v) is 10.3. The van der Waals surface area contributed by atoms with Crippen LogP contribution in [-0.4, -0.2) is 8.07 Å². The second-order valence-electron chi connectivity index (χ2n) is 6.36. The van der Waals surface area contributed by atoms with Crippen molar-refractivity contribution in [3.8, 4) is 0 Å². The maximum Gasteiger partial charge on any atom is 0.109 e. The maximum atomic E-state index is 2.52. The monoisotopic (exact) mass is 270 g/mol. The van der Waals surface area contributed by atoms with Crippen molar-refractivity contribution >= 4 is 13.3 Å². The molecule has 1 aliphatic rings. The number of rotatable bonds is 3. The Hall–Kier alpha value is -1.08. The van der Waals surface area contributed by atoms with Gasteiger partial charge in [0, 0.05) is 0 Å². The van der Waals surface area contributed by atoms with Gasteiger partial charge in [-0.15, -0.1) is 0 Å². The van der Waals surface area contributed by atoms with E-state index in [0.29, 0.717) is 0 Å². The minimum absolute atomic E-state index is 1.17. The van der Waals surface area contributed by atoms with Gasteiger partial charge in [-0.2, -0.15) is 0 Å². The first-order valence-electron chi connectivity index (χ1n) is 7.35. The second-order valence-corrected chi connectivity index (χ2v) is 10.7. The van der Waals surface area contributed by atoms with Crippen LogP contribution in [0.4, 0.5) is 0 Å². The summed E-state index contributed by atoms with van der Waals surface area (Å²) in [4.78, 5) is 0. The molecule has 0 nitrogen and oxygen atoms in total. The van der Waals surface area contributed by atoms with E-state index >= 15 is 0 Å². The molecular formula is C18H26Si. The molecule has 0 radical (unpaired) electrons. The Morgan fingerprint density at radius 2 is 1.63 bits per heavy atom. The van der Waals surface area contributed by atoms with Crippen molar-refractivity contribution in [2.75, 3.05) is 0 Å². The molecule has 0 aromatic heterocycles. The van der Waals surface area contributed by atoms with E-state index in [1.165, 1.54) is 29.5 Å². The number of hydrogen-bond donors (Lipinski definition) is 0. The van der Waals surface area contributed by atoms with Crippen molar-refractivity contribution in [3.63, 3.8) is 0 Å². The fourth-order valence-corrected chi connectivity index (χ4v) is 7.96. The smallest absolute Gasteiger partial charge is 0.0806 e. The molecule has 0 spiro atoms. The highest BCUT2D eigenvalue weighted by Crippen LogP contribution is 2.31. The SMILES string of the molecule is CCC1=C([Si](C)(C)c2c(C)cc(C)cc2C)CC=C1. The summed E-state index contributed by atoms with van der Waals surface area (Å²) in [7, 11) is -1.53. The van der Waals surface area contributed by atoms with Crippen molar-refractivity contribution in [2.45, 2.75) is 53.6 Å². The van der Waals surface area contributed by atoms with Crippen LogP contribution in [0.3, 0.4) is 0 Å². The lowest BCUT2D eigenvalue weighted by atomic mass is 10.1. The van der Waals surface area contributed by atoms with Gasteiger partial charge >= 0.3 is 0 Å². The Morgan fingerprint density at radius 3 is 2.16 bits per heavy atom. The molecular weight excluding hydrogens is 244 g/mol. The third kappa shape index (κ3) is 2.49. The van der Waals surface area contributed by atoms with Gasteiger partial charge in [-0.05, 0) is 38.8 Å². The molecule has 0 bridgehead atoms. The molecule has 102 valence electrons. The summed E-state index contributed by atoms with van der Waals surface area (Å²) in [6.07, 6.45) is 7.05. The Balaban J connectivity index is 2.58. The quantitative estimate of drug-likeness (QED) is 0.696. The van der Waals surface area contributed by atoms with Gasteiger partial charge in [0.05, 0.1) is 0 Å². The van der Waals surface area contributed by atoms with E-state index in [4.69, 9.17) is 0 Å². The zero-order valence-electron chi connectivity index (χ0n) is 13.2. The average Bonchev–Trinajstić information content (AvgIpc) is 2.75. The lowest BCUT2D eigenvalue weighted by Gasteiger charge is -2.30. The molecule has 1 aromatic carbocycles. The van der Waals surface area contributed by atoms with Gasteiger partial charge < -0.3 is 0 Å². The van der Waals surface area contributed by atoms with Crippen molar-refractivity contribution in [2.24, 2.45) is 0 Å². The average molecular weight is 270 g/mol. The Bertz CT molecular complexity index is 536. The van der Waals surface area contributed by atoms with Gasteiger partial charge in [0.1, 0.15) is 8.07 Å². The molecule has 19 heavy (non-hydrogen) atoms. The van der Waals surface area contributed by atoms with Crippen LogP contribution in [0.5, 0.6) is 0 Å². The van der Waals surface area contributed by atoms with Crippen LogP contribution in [0.25, 0.3) is 0 Å². The summed E-state index contributed by atoms with van der Waals surface area (Å²) in [6.45, 7) is 14.1. The highest BCUT2D eigenvalue weighted by atomic mass is 28.3. The molecule has 0 unspecified atom stereocenters. The lowest BCUT2D eigenvalue weighted by molar-refractivity contribution is 1.13. The van der Waals surface area contributed by atoms with Gasteiger partial charge in [0.2, 0.25) is 0 Å². The molecule has 1 heteroatoms. The van der Waals surface area contributed by atoms with Gasteiger partial charge in [0.15, 0.2) is 0 Å². The van der Waals surface area contributed by atoms with Crippen LogP contribution in [0.15, 0.2) is 35.1 Å². The van der Waals surface area contributed by atoms with E-state index in [9.17, 15) is 0 Å². The van der Waals surface area contributed by atoms with Crippen LogP contribution in [0, 0.1) is 20.8 Å². The van der Waals surface area contributed by atoms with Crippen LogP contribution in [-0.2, 0) is 0 Å². The van der Waals surface area contributed by atoms with E-state index in [-0.39, 0.29) is 0 Å². The molecule has 0 saturated carbocycles. The normalized spacial score (nSPS) is 15.5. The molecule has 2 rings (SSSR count). The van der Waals surface area contributed by atoms with E-state index in [1.54, 1.807) is 16.0 Å². The van der Waals surface area contributed by atoms with E-state index in [0.717, 1.165) is 0 Å². The van der Waals surface area contributed by atoms with Crippen molar-refractivity contribution < 1.29 is 0 Å². The molecule has 0 heterocycles. The predicted molar refractivity (Wildman–Crippen MR) is 88.8 cm³/mol. The zero-order chi connectivity index (χ0) is 14.2. The van der Waals surface area contributed by atoms with Gasteiger partial charge in [0.25, 0.3) is 0 Å². The van der Waals surface area contributed by atoms with Crippen LogP contribution < -0.4 is 5.19 Å². The topological polar surface area (TPSA) is 0 Å². The van der Waals surface area contributed by atoms with Gasteiger partial charge in [-0.3, -0.25) is 0 Å². The fraction of sp³-hybridized carbons (Fsp3) is 0.444. The molecule has 0 saturated heterocycles. The van der Waals surface area contributed by atoms with Crippen molar-refractivity contribution in [1.29, 1.82) is 0 Å². The van der Waals surface area contributed by atoms with Gasteiger partial charge in [-0.25, -0.2) is 0 Å². The number of hydrogen-bond acceptors (Lipinski definition) is 0. The first-order chi connectivity index (χ1) is 8.87. The molecule has 0 aliphatic heterocycles. The summed E-state index contributed by atoms with van der Waals surface area (Å²) >= 11 is 0. The van der Waals surface area contributed by atoms with E-state index in [2.05, 4.69) is 65.1 Å². The molecule has 0 N–H and O–H groups in total. The van der Waals surface area contributed by atoms with Crippen molar-refractivity contribution in [3.05, 3.63) is 51.7 Å². The molecule has 0 fully saturated rings. The van der Waals surface area contributed by atoms with Crippen LogP contribution in [0.2, 0.25) is 13.1 Å². The number of allylic oxidation sites excluding steroid dienone is 4. The molecule has 1 aromatic rings. The predicted octanol–water partition coefficient (Wildman–Crippen LogP) is 4.73. The Kier molecular flexibility index (Phi) is 3.87. The summed E-state index contributed by atoms with van der Waals surface area (Å²) in [5, 5.41) is 3.40. The Labute approximate surface area is 119 Å². The summed E-state index contributed by atoms with van der Waals surface area (Å²) in [5.41, 5.74) is 5.96. The molecule has 0 amide bonds. The van der Waals surface area contributed by atoms with Gasteiger partial charge in [-0.1, -0.05) is 71.8 Å². The van der Waals surface area contributed by atoms with Crippen molar-refractivity contribution in [1.82, 2.24) is 0 Å². The number of benzene rings is 1. The standard InChI is InChI=1S/C18H26Si/c1-7-16-9-8-10-17(16)19(5,6)18-14(3)11-13(2)12-15(18)4/h8-9,11-12H,7,10H2,1-6H3. The zero-order valence-corrected chi connectivity index (χ0v) is 14.2. The minimum atomic E-state index is -1.53. The number of aryl methyl sites for hydroxylation is 3. The summed E-state index contributed by atoms with van der Waals surface area (Å²) < 4.78 is 0. The van der Waals surface area contributed by atoms with E-state index in [1.807, 2.05) is 0 Å². The minimum Gasteiger partial charge on any atom is -0.0806 e. The second kappa shape index (κ2) is 5.13.